The van der Waals surface area contributed by atoms with Crippen molar-refractivity contribution in [1.82, 2.24) is 20.2 Å². The molecule has 0 spiro atoms. The molecule has 1 fully saturated rings. The zero-order chi connectivity index (χ0) is 17.4. The number of amides is 2. The van der Waals surface area contributed by atoms with Crippen molar-refractivity contribution in [3.8, 4) is 0 Å². The number of halogens is 1. The zero-order valence-electron chi connectivity index (χ0n) is 13.3. The number of carbonyl (C=O) groups is 2. The Kier molecular flexibility index (Phi) is 3.79. The Bertz CT molecular complexity index is 845. The molecular weight excluding hydrogens is 327 g/mol. The number of carbonyl (C=O) groups excluding carboxylic acids is 2. The van der Waals surface area contributed by atoms with Crippen LogP contribution in [-0.4, -0.2) is 52.4 Å². The number of rotatable bonds is 4. The molecule has 25 heavy (non-hydrogen) atoms. The predicted octanol–water partition coefficient (Wildman–Crippen LogP) is 0.145. The Morgan fingerprint density at radius 1 is 1.28 bits per heavy atom. The lowest BCUT2D eigenvalue weighted by Gasteiger charge is -2.34. The summed E-state index contributed by atoms with van der Waals surface area (Å²) in [7, 11) is 0. The molecule has 1 N–H and O–H groups in total. The van der Waals surface area contributed by atoms with E-state index in [0.717, 1.165) is 5.70 Å². The summed E-state index contributed by atoms with van der Waals surface area (Å²) in [6.07, 6.45) is 5.58. The van der Waals surface area contributed by atoms with Gasteiger partial charge in [-0.3, -0.25) is 19.5 Å². The maximum Gasteiger partial charge on any atom is 0.316 e. The quantitative estimate of drug-likeness (QED) is 0.622. The SMILES string of the molecule is O=C1C(=O)N(C2=C=CC2)CCN1Cc1ncc(N2N=CCN2)cc1F. The molecule has 9 heteroatoms. The van der Waals surface area contributed by atoms with Crippen LogP contribution in [0.4, 0.5) is 10.1 Å². The van der Waals surface area contributed by atoms with Crippen molar-refractivity contribution >= 4 is 23.7 Å². The molecule has 3 aliphatic rings. The maximum absolute atomic E-state index is 14.3. The fourth-order valence-electron chi connectivity index (χ4n) is 2.78. The van der Waals surface area contributed by atoms with Crippen LogP contribution in [0.5, 0.6) is 0 Å². The molecule has 0 radical (unpaired) electrons. The number of hydrazine groups is 1. The third-order valence-corrected chi connectivity index (χ3v) is 4.22. The monoisotopic (exact) mass is 342 g/mol. The van der Waals surface area contributed by atoms with E-state index in [-0.39, 0.29) is 12.2 Å². The van der Waals surface area contributed by atoms with Crippen LogP contribution in [0.3, 0.4) is 0 Å². The largest absolute Gasteiger partial charge is 0.327 e. The van der Waals surface area contributed by atoms with Gasteiger partial charge in [0.1, 0.15) is 5.82 Å². The Labute approximate surface area is 142 Å². The van der Waals surface area contributed by atoms with E-state index >= 15 is 0 Å². The van der Waals surface area contributed by atoms with E-state index in [0.29, 0.717) is 31.7 Å². The first kappa shape index (κ1) is 15.5. The smallest absolute Gasteiger partial charge is 0.316 e. The van der Waals surface area contributed by atoms with Crippen LogP contribution in [0.1, 0.15) is 12.1 Å². The van der Waals surface area contributed by atoms with Gasteiger partial charge >= 0.3 is 11.8 Å². The molecule has 0 saturated carbocycles. The van der Waals surface area contributed by atoms with E-state index in [1.807, 2.05) is 0 Å². The predicted molar refractivity (Wildman–Crippen MR) is 86.5 cm³/mol. The van der Waals surface area contributed by atoms with E-state index in [1.54, 1.807) is 12.3 Å². The molecule has 0 bridgehead atoms. The normalized spacial score (nSPS) is 19.6. The molecule has 0 atom stereocenters. The molecule has 1 aliphatic carbocycles. The van der Waals surface area contributed by atoms with Crippen LogP contribution in [-0.2, 0) is 16.1 Å². The van der Waals surface area contributed by atoms with Crippen molar-refractivity contribution in [3.63, 3.8) is 0 Å². The molecule has 4 rings (SSSR count). The topological polar surface area (TPSA) is 81.1 Å². The lowest BCUT2D eigenvalue weighted by Crippen LogP contribution is -2.53. The molecule has 1 aromatic rings. The summed E-state index contributed by atoms with van der Waals surface area (Å²) in [6.45, 7) is 1.23. The molecule has 3 heterocycles. The van der Waals surface area contributed by atoms with Gasteiger partial charge in [0.2, 0.25) is 0 Å². The van der Waals surface area contributed by atoms with Crippen LogP contribution >= 0.6 is 0 Å². The van der Waals surface area contributed by atoms with E-state index in [9.17, 15) is 14.0 Å². The lowest BCUT2D eigenvalue weighted by molar-refractivity contribution is -0.155. The Morgan fingerprint density at radius 3 is 2.76 bits per heavy atom. The fourth-order valence-corrected chi connectivity index (χ4v) is 2.78. The number of anilines is 1. The third kappa shape index (κ3) is 2.79. The minimum absolute atomic E-state index is 0.0455. The number of pyridine rings is 1. The Balaban J connectivity index is 1.47. The standard InChI is InChI=1S/C16H15FN6O2/c17-13-8-12(23-19-4-5-20-23)9-18-14(13)10-21-6-7-22(11-2-1-3-11)16(25)15(21)24/h1,4,8-9,20H,2,5-7,10H2. The summed E-state index contributed by atoms with van der Waals surface area (Å²) in [4.78, 5) is 31.3. The van der Waals surface area contributed by atoms with Crippen molar-refractivity contribution in [2.75, 3.05) is 24.8 Å². The van der Waals surface area contributed by atoms with Crippen LogP contribution in [0.2, 0.25) is 0 Å². The number of nitrogens with one attached hydrogen (secondary N) is 1. The van der Waals surface area contributed by atoms with Crippen molar-refractivity contribution < 1.29 is 14.0 Å². The fraction of sp³-hybridized carbons (Fsp3) is 0.312. The number of piperazine rings is 1. The van der Waals surface area contributed by atoms with Crippen molar-refractivity contribution in [1.29, 1.82) is 0 Å². The van der Waals surface area contributed by atoms with Gasteiger partial charge in [0.05, 0.1) is 36.4 Å². The third-order valence-electron chi connectivity index (χ3n) is 4.22. The van der Waals surface area contributed by atoms with Crippen LogP contribution < -0.4 is 10.5 Å². The highest BCUT2D eigenvalue weighted by molar-refractivity contribution is 6.35. The van der Waals surface area contributed by atoms with Gasteiger partial charge in [-0.15, -0.1) is 5.73 Å². The van der Waals surface area contributed by atoms with Gasteiger partial charge in [-0.1, -0.05) is 0 Å². The van der Waals surface area contributed by atoms with E-state index in [2.05, 4.69) is 21.2 Å². The number of hydrogen-bond donors (Lipinski definition) is 1. The highest BCUT2D eigenvalue weighted by Crippen LogP contribution is 2.21. The maximum atomic E-state index is 14.3. The molecule has 1 aromatic heterocycles. The molecule has 1 saturated heterocycles. The minimum Gasteiger partial charge on any atom is -0.327 e. The van der Waals surface area contributed by atoms with Crippen molar-refractivity contribution in [2.24, 2.45) is 5.10 Å². The second kappa shape index (κ2) is 6.12. The minimum atomic E-state index is -0.650. The summed E-state index contributed by atoms with van der Waals surface area (Å²) in [5, 5.41) is 5.44. The summed E-state index contributed by atoms with van der Waals surface area (Å²) in [5.74, 6) is -1.80. The zero-order valence-corrected chi connectivity index (χ0v) is 13.3. The van der Waals surface area contributed by atoms with E-state index in [1.165, 1.54) is 27.2 Å². The van der Waals surface area contributed by atoms with Gasteiger partial charge in [-0.25, -0.2) is 9.82 Å². The number of hydrazone groups is 1. The Hall–Kier alpha value is -3.03. The van der Waals surface area contributed by atoms with E-state index < -0.39 is 17.6 Å². The van der Waals surface area contributed by atoms with Gasteiger partial charge in [0, 0.05) is 31.8 Å². The molecule has 2 aliphatic heterocycles. The number of nitrogens with zero attached hydrogens (tertiary/aromatic N) is 5. The highest BCUT2D eigenvalue weighted by atomic mass is 19.1. The molecule has 8 nitrogen and oxygen atoms in total. The van der Waals surface area contributed by atoms with Gasteiger partial charge in [0.25, 0.3) is 0 Å². The van der Waals surface area contributed by atoms with Crippen LogP contribution in [0.15, 0.2) is 34.9 Å². The second-order valence-electron chi connectivity index (χ2n) is 5.78. The summed E-state index contributed by atoms with van der Waals surface area (Å²) in [5.41, 5.74) is 7.13. The molecule has 0 unspecified atom stereocenters. The average Bonchev–Trinajstić information content (AvgIpc) is 3.09. The first-order valence-corrected chi connectivity index (χ1v) is 7.89. The first-order valence-electron chi connectivity index (χ1n) is 7.89. The van der Waals surface area contributed by atoms with E-state index in [4.69, 9.17) is 0 Å². The van der Waals surface area contributed by atoms with Gasteiger partial charge in [-0.05, 0) is 6.08 Å². The van der Waals surface area contributed by atoms with Gasteiger partial charge < -0.3 is 4.90 Å². The lowest BCUT2D eigenvalue weighted by atomic mass is 10.1. The first-order chi connectivity index (χ1) is 12.1. The summed E-state index contributed by atoms with van der Waals surface area (Å²) in [6, 6.07) is 1.30. The summed E-state index contributed by atoms with van der Waals surface area (Å²) >= 11 is 0. The average molecular weight is 342 g/mol. The molecule has 2 amide bonds. The van der Waals surface area contributed by atoms with Gasteiger partial charge in [-0.2, -0.15) is 10.2 Å². The number of hydrogen-bond acceptors (Lipinski definition) is 6. The molecule has 0 aromatic carbocycles. The number of aromatic nitrogens is 1. The second-order valence-corrected chi connectivity index (χ2v) is 5.78. The van der Waals surface area contributed by atoms with Crippen molar-refractivity contribution in [3.05, 3.63) is 41.3 Å². The van der Waals surface area contributed by atoms with Gasteiger partial charge in [0.15, 0.2) is 0 Å². The summed E-state index contributed by atoms with van der Waals surface area (Å²) < 4.78 is 14.3. The van der Waals surface area contributed by atoms with Crippen molar-refractivity contribution in [2.45, 2.75) is 13.0 Å². The molecular formula is C16H15FN6O2. The highest BCUT2D eigenvalue weighted by Gasteiger charge is 2.35. The molecule has 128 valence electrons. The Morgan fingerprint density at radius 2 is 2.12 bits per heavy atom. The van der Waals surface area contributed by atoms with Crippen LogP contribution in [0, 0.1) is 5.82 Å². The van der Waals surface area contributed by atoms with Crippen LogP contribution in [0.25, 0.3) is 0 Å².